The lowest BCUT2D eigenvalue weighted by atomic mass is 10.0. The van der Waals surface area contributed by atoms with E-state index in [9.17, 15) is 5.11 Å². The van der Waals surface area contributed by atoms with E-state index in [2.05, 4.69) is 20.8 Å². The second kappa shape index (κ2) is 8.82. The summed E-state index contributed by atoms with van der Waals surface area (Å²) in [4.78, 5) is 0. The summed E-state index contributed by atoms with van der Waals surface area (Å²) in [5, 5.41) is 9.41. The molecule has 3 N–H and O–H groups in total. The lowest BCUT2D eigenvalue weighted by molar-refractivity contribution is 0.0881. The molecule has 1 rings (SSSR count). The van der Waals surface area contributed by atoms with Crippen molar-refractivity contribution in [2.24, 2.45) is 11.7 Å². The molecule has 1 aromatic rings. The first-order chi connectivity index (χ1) is 9.56. The van der Waals surface area contributed by atoms with Crippen molar-refractivity contribution in [1.82, 2.24) is 0 Å². The highest BCUT2D eigenvalue weighted by atomic mass is 16.5. The molecule has 0 amide bonds. The molecule has 0 aliphatic rings. The van der Waals surface area contributed by atoms with Gasteiger partial charge in [-0.05, 0) is 43.0 Å². The van der Waals surface area contributed by atoms with E-state index in [-0.39, 0.29) is 18.8 Å². The van der Waals surface area contributed by atoms with E-state index in [1.807, 2.05) is 24.3 Å². The quantitative estimate of drug-likeness (QED) is 0.730. The molecular weight excluding hydrogens is 254 g/mol. The van der Waals surface area contributed by atoms with E-state index < -0.39 is 0 Å². The normalized spacial score (nSPS) is 14.1. The maximum atomic E-state index is 9.41. The Kier molecular flexibility index (Phi) is 7.41. The van der Waals surface area contributed by atoms with Crippen molar-refractivity contribution >= 4 is 0 Å². The summed E-state index contributed by atoms with van der Waals surface area (Å²) in [7, 11) is 0. The summed E-state index contributed by atoms with van der Waals surface area (Å²) in [5.41, 5.74) is 6.06. The highest BCUT2D eigenvalue weighted by Crippen LogP contribution is 2.20. The number of aliphatic hydroxyl groups is 1. The van der Waals surface area contributed by atoms with Crippen molar-refractivity contribution in [2.75, 3.05) is 13.2 Å². The fourth-order valence-corrected chi connectivity index (χ4v) is 1.97. The van der Waals surface area contributed by atoms with E-state index in [4.69, 9.17) is 15.2 Å². The minimum atomic E-state index is -0.375. The second-order valence-corrected chi connectivity index (χ2v) is 5.45. The summed E-state index contributed by atoms with van der Waals surface area (Å²) in [6.07, 6.45) is 1.43. The zero-order valence-corrected chi connectivity index (χ0v) is 12.7. The topological polar surface area (TPSA) is 64.7 Å². The average Bonchev–Trinajstić information content (AvgIpc) is 2.42. The molecule has 0 aromatic heterocycles. The molecular formula is C16H27NO3. The molecule has 0 saturated carbocycles. The Labute approximate surface area is 121 Å². The first-order valence-electron chi connectivity index (χ1n) is 7.32. The number of benzene rings is 1. The van der Waals surface area contributed by atoms with Crippen molar-refractivity contribution in [1.29, 1.82) is 0 Å². The standard InChI is InChI=1S/C16H27NO3/c1-4-9-19-13-5-7-14(8-6-13)20-16(11-18)15(17)10-12(2)3/h5-8,12,15-16,18H,4,9-11,17H2,1-3H3. The highest BCUT2D eigenvalue weighted by Gasteiger charge is 2.19. The molecule has 0 bridgehead atoms. The predicted octanol–water partition coefficient (Wildman–Crippen LogP) is 2.59. The van der Waals surface area contributed by atoms with Crippen LogP contribution in [0.4, 0.5) is 0 Å². The van der Waals surface area contributed by atoms with Gasteiger partial charge in [0.15, 0.2) is 0 Å². The molecule has 20 heavy (non-hydrogen) atoms. The van der Waals surface area contributed by atoms with Crippen LogP contribution >= 0.6 is 0 Å². The summed E-state index contributed by atoms with van der Waals surface area (Å²) in [6, 6.07) is 7.25. The van der Waals surface area contributed by atoms with Crippen LogP contribution in [0.1, 0.15) is 33.6 Å². The Bertz CT molecular complexity index is 364. The second-order valence-electron chi connectivity index (χ2n) is 5.45. The summed E-state index contributed by atoms with van der Waals surface area (Å²) in [5.74, 6) is 2.01. The Balaban J connectivity index is 2.56. The van der Waals surface area contributed by atoms with Crippen LogP contribution in [0.5, 0.6) is 11.5 Å². The third kappa shape index (κ3) is 5.80. The van der Waals surface area contributed by atoms with Gasteiger partial charge in [-0.3, -0.25) is 0 Å². The van der Waals surface area contributed by atoms with Gasteiger partial charge in [-0.1, -0.05) is 20.8 Å². The molecule has 4 heteroatoms. The zero-order chi connectivity index (χ0) is 15.0. The number of rotatable bonds is 9. The molecule has 0 radical (unpaired) electrons. The van der Waals surface area contributed by atoms with Crippen LogP contribution in [0.3, 0.4) is 0 Å². The van der Waals surface area contributed by atoms with Gasteiger partial charge >= 0.3 is 0 Å². The molecule has 0 spiro atoms. The van der Waals surface area contributed by atoms with Gasteiger partial charge in [-0.2, -0.15) is 0 Å². The van der Waals surface area contributed by atoms with Gasteiger partial charge in [0.2, 0.25) is 0 Å². The lowest BCUT2D eigenvalue weighted by Gasteiger charge is -2.24. The molecule has 4 nitrogen and oxygen atoms in total. The Morgan fingerprint density at radius 3 is 2.25 bits per heavy atom. The van der Waals surface area contributed by atoms with Crippen LogP contribution in [0, 0.1) is 5.92 Å². The zero-order valence-electron chi connectivity index (χ0n) is 12.7. The van der Waals surface area contributed by atoms with Crippen molar-refractivity contribution in [3.8, 4) is 11.5 Å². The van der Waals surface area contributed by atoms with Gasteiger partial charge in [0.25, 0.3) is 0 Å². The van der Waals surface area contributed by atoms with Crippen molar-refractivity contribution in [2.45, 2.75) is 45.8 Å². The van der Waals surface area contributed by atoms with Gasteiger partial charge in [0.1, 0.15) is 17.6 Å². The third-order valence-electron chi connectivity index (χ3n) is 2.99. The predicted molar refractivity (Wildman–Crippen MR) is 81.2 cm³/mol. The van der Waals surface area contributed by atoms with E-state index in [1.54, 1.807) is 0 Å². The highest BCUT2D eigenvalue weighted by molar-refractivity contribution is 5.31. The van der Waals surface area contributed by atoms with Crippen molar-refractivity contribution in [3.05, 3.63) is 24.3 Å². The largest absolute Gasteiger partial charge is 0.494 e. The maximum absolute atomic E-state index is 9.41. The van der Waals surface area contributed by atoms with E-state index in [1.165, 1.54) is 0 Å². The summed E-state index contributed by atoms with van der Waals surface area (Å²) >= 11 is 0. The molecule has 0 aliphatic heterocycles. The lowest BCUT2D eigenvalue weighted by Crippen LogP contribution is -2.42. The van der Waals surface area contributed by atoms with Crippen LogP contribution in [-0.4, -0.2) is 30.5 Å². The van der Waals surface area contributed by atoms with Crippen LogP contribution < -0.4 is 15.2 Å². The fraction of sp³-hybridized carbons (Fsp3) is 0.625. The Morgan fingerprint density at radius 2 is 1.75 bits per heavy atom. The molecule has 1 aromatic carbocycles. The van der Waals surface area contributed by atoms with Crippen LogP contribution in [0.2, 0.25) is 0 Å². The van der Waals surface area contributed by atoms with Crippen LogP contribution in [-0.2, 0) is 0 Å². The third-order valence-corrected chi connectivity index (χ3v) is 2.99. The maximum Gasteiger partial charge on any atom is 0.137 e. The van der Waals surface area contributed by atoms with Gasteiger partial charge < -0.3 is 20.3 Å². The van der Waals surface area contributed by atoms with Gasteiger partial charge in [-0.15, -0.1) is 0 Å². The van der Waals surface area contributed by atoms with E-state index >= 15 is 0 Å². The van der Waals surface area contributed by atoms with Gasteiger partial charge in [0.05, 0.1) is 13.2 Å². The van der Waals surface area contributed by atoms with E-state index in [0.29, 0.717) is 18.3 Å². The van der Waals surface area contributed by atoms with Gasteiger partial charge in [-0.25, -0.2) is 0 Å². The van der Waals surface area contributed by atoms with Crippen LogP contribution in [0.15, 0.2) is 24.3 Å². The average molecular weight is 281 g/mol. The molecule has 0 aliphatic carbocycles. The van der Waals surface area contributed by atoms with Crippen molar-refractivity contribution in [3.63, 3.8) is 0 Å². The first-order valence-corrected chi connectivity index (χ1v) is 7.32. The fourth-order valence-electron chi connectivity index (χ4n) is 1.97. The van der Waals surface area contributed by atoms with Crippen LogP contribution in [0.25, 0.3) is 0 Å². The monoisotopic (exact) mass is 281 g/mol. The first kappa shape index (κ1) is 16.8. The number of ether oxygens (including phenoxy) is 2. The van der Waals surface area contributed by atoms with E-state index in [0.717, 1.165) is 18.6 Å². The van der Waals surface area contributed by atoms with Gasteiger partial charge in [0, 0.05) is 6.04 Å². The molecule has 2 unspecified atom stereocenters. The molecule has 114 valence electrons. The van der Waals surface area contributed by atoms with Crippen molar-refractivity contribution < 1.29 is 14.6 Å². The molecule has 2 atom stereocenters. The number of aliphatic hydroxyl groups excluding tert-OH is 1. The number of hydrogen-bond donors (Lipinski definition) is 2. The summed E-state index contributed by atoms with van der Waals surface area (Å²) < 4.78 is 11.3. The number of nitrogens with two attached hydrogens (primary N) is 1. The Hall–Kier alpha value is -1.26. The smallest absolute Gasteiger partial charge is 0.137 e. The Morgan fingerprint density at radius 1 is 1.15 bits per heavy atom. The SMILES string of the molecule is CCCOc1ccc(OC(CO)C(N)CC(C)C)cc1. The summed E-state index contributed by atoms with van der Waals surface area (Å²) in [6.45, 7) is 6.91. The molecule has 0 heterocycles. The number of hydrogen-bond acceptors (Lipinski definition) is 4. The molecule has 0 fully saturated rings. The minimum absolute atomic E-state index is 0.0814. The minimum Gasteiger partial charge on any atom is -0.494 e. The molecule has 0 saturated heterocycles.